The summed E-state index contributed by atoms with van der Waals surface area (Å²) in [5, 5.41) is 10.7. The van der Waals surface area contributed by atoms with Crippen molar-refractivity contribution in [1.29, 1.82) is 0 Å². The summed E-state index contributed by atoms with van der Waals surface area (Å²) in [5.41, 5.74) is -0.185. The van der Waals surface area contributed by atoms with Crippen LogP contribution in [0.25, 0.3) is 0 Å². The van der Waals surface area contributed by atoms with Gasteiger partial charge in [0.05, 0.1) is 18.3 Å². The molecule has 0 aromatic carbocycles. The predicted octanol–water partition coefficient (Wildman–Crippen LogP) is 0.962. The maximum atomic E-state index is 12.0. The molecule has 0 radical (unpaired) electrons. The van der Waals surface area contributed by atoms with Crippen LogP contribution in [0.5, 0.6) is 0 Å². The van der Waals surface area contributed by atoms with Crippen molar-refractivity contribution >= 4 is 12.0 Å². The lowest BCUT2D eigenvalue weighted by Crippen LogP contribution is -2.61. The van der Waals surface area contributed by atoms with Crippen LogP contribution in [0.2, 0.25) is 0 Å². The van der Waals surface area contributed by atoms with Gasteiger partial charge in [0, 0.05) is 13.1 Å². The van der Waals surface area contributed by atoms with E-state index >= 15 is 0 Å². The van der Waals surface area contributed by atoms with E-state index in [1.54, 1.807) is 15.8 Å². The molecular formula is C14H21N5O3. The van der Waals surface area contributed by atoms with Crippen LogP contribution in [0.4, 0.5) is 4.79 Å². The highest BCUT2D eigenvalue weighted by molar-refractivity contribution is 5.92. The van der Waals surface area contributed by atoms with E-state index in [0.717, 1.165) is 12.8 Å². The van der Waals surface area contributed by atoms with Gasteiger partial charge in [0.15, 0.2) is 5.69 Å². The molecule has 2 heterocycles. The van der Waals surface area contributed by atoms with Crippen molar-refractivity contribution < 1.29 is 14.3 Å². The summed E-state index contributed by atoms with van der Waals surface area (Å²) >= 11 is 0. The summed E-state index contributed by atoms with van der Waals surface area (Å²) in [6.45, 7) is 6.39. The second-order valence-corrected chi connectivity index (χ2v) is 6.87. The lowest BCUT2D eigenvalue weighted by atomic mass is 10.1. The fourth-order valence-corrected chi connectivity index (χ4v) is 2.20. The van der Waals surface area contributed by atoms with Crippen molar-refractivity contribution in [3.05, 3.63) is 11.9 Å². The molecule has 1 saturated carbocycles. The van der Waals surface area contributed by atoms with Crippen LogP contribution >= 0.6 is 0 Å². The highest BCUT2D eigenvalue weighted by Crippen LogP contribution is 2.33. The van der Waals surface area contributed by atoms with Gasteiger partial charge in [-0.3, -0.25) is 4.79 Å². The smallest absolute Gasteiger partial charge is 0.410 e. The fraction of sp³-hybridized carbons (Fsp3) is 0.714. The molecule has 2 fully saturated rings. The van der Waals surface area contributed by atoms with E-state index in [9.17, 15) is 9.59 Å². The zero-order chi connectivity index (χ0) is 15.9. The minimum atomic E-state index is -0.507. The molecule has 1 N–H and O–H groups in total. The minimum Gasteiger partial charge on any atom is -0.444 e. The van der Waals surface area contributed by atoms with Gasteiger partial charge in [0.2, 0.25) is 0 Å². The number of rotatable bonds is 3. The molecule has 120 valence electrons. The van der Waals surface area contributed by atoms with E-state index in [-0.39, 0.29) is 18.0 Å². The molecular weight excluding hydrogens is 286 g/mol. The molecule has 1 aliphatic carbocycles. The average Bonchev–Trinajstić information content (AvgIpc) is 3.08. The molecule has 22 heavy (non-hydrogen) atoms. The van der Waals surface area contributed by atoms with Crippen LogP contribution in [0.3, 0.4) is 0 Å². The van der Waals surface area contributed by atoms with Crippen molar-refractivity contribution in [3.8, 4) is 0 Å². The summed E-state index contributed by atoms with van der Waals surface area (Å²) in [4.78, 5) is 25.4. The van der Waals surface area contributed by atoms with Gasteiger partial charge in [-0.15, -0.1) is 5.10 Å². The van der Waals surface area contributed by atoms with E-state index in [1.165, 1.54) is 0 Å². The molecule has 8 heteroatoms. The van der Waals surface area contributed by atoms with Crippen molar-refractivity contribution in [2.45, 2.75) is 51.3 Å². The van der Waals surface area contributed by atoms with Crippen molar-refractivity contribution in [2.75, 3.05) is 13.1 Å². The first-order valence-corrected chi connectivity index (χ1v) is 7.52. The van der Waals surface area contributed by atoms with Gasteiger partial charge in [0.1, 0.15) is 5.60 Å². The molecule has 0 unspecified atom stereocenters. The number of aromatic nitrogens is 3. The molecule has 2 amide bonds. The van der Waals surface area contributed by atoms with E-state index in [0.29, 0.717) is 24.8 Å². The number of ether oxygens (including phenoxy) is 1. The molecule has 1 aliphatic heterocycles. The average molecular weight is 307 g/mol. The molecule has 2 aliphatic rings. The number of nitrogens with zero attached hydrogens (tertiary/aromatic N) is 4. The van der Waals surface area contributed by atoms with Gasteiger partial charge in [0.25, 0.3) is 5.91 Å². The van der Waals surface area contributed by atoms with Crippen LogP contribution in [-0.4, -0.2) is 56.6 Å². The minimum absolute atomic E-state index is 0.0638. The van der Waals surface area contributed by atoms with Gasteiger partial charge in [-0.1, -0.05) is 5.21 Å². The second-order valence-electron chi connectivity index (χ2n) is 6.87. The van der Waals surface area contributed by atoms with Gasteiger partial charge in [-0.05, 0) is 33.6 Å². The lowest BCUT2D eigenvalue weighted by Gasteiger charge is -2.39. The Kier molecular flexibility index (Phi) is 3.54. The maximum Gasteiger partial charge on any atom is 0.410 e. The Hall–Kier alpha value is -2.12. The van der Waals surface area contributed by atoms with Gasteiger partial charge < -0.3 is 15.0 Å². The topological polar surface area (TPSA) is 89.4 Å². The number of hydrogen-bond acceptors (Lipinski definition) is 5. The van der Waals surface area contributed by atoms with Gasteiger partial charge >= 0.3 is 6.09 Å². The van der Waals surface area contributed by atoms with E-state index < -0.39 is 5.60 Å². The number of carbonyl (C=O) groups is 2. The Bertz CT molecular complexity index is 582. The zero-order valence-corrected chi connectivity index (χ0v) is 13.1. The summed E-state index contributed by atoms with van der Waals surface area (Å²) in [6, 6.07) is 0.339. The first kappa shape index (κ1) is 14.8. The number of nitrogens with one attached hydrogen (secondary N) is 1. The summed E-state index contributed by atoms with van der Waals surface area (Å²) in [5.74, 6) is -0.249. The fourth-order valence-electron chi connectivity index (χ4n) is 2.20. The Balaban J connectivity index is 1.45. The van der Waals surface area contributed by atoms with Gasteiger partial charge in [-0.25, -0.2) is 9.48 Å². The Morgan fingerprint density at radius 1 is 1.32 bits per heavy atom. The quantitative estimate of drug-likeness (QED) is 0.898. The predicted molar refractivity (Wildman–Crippen MR) is 77.4 cm³/mol. The van der Waals surface area contributed by atoms with Crippen LogP contribution in [-0.2, 0) is 4.74 Å². The highest BCUT2D eigenvalue weighted by atomic mass is 16.6. The SMILES string of the molecule is CC(C)(C)OC(=O)N1CC(NC(=O)c2cn(C3CC3)nn2)C1. The lowest BCUT2D eigenvalue weighted by molar-refractivity contribution is 0.00531. The van der Waals surface area contributed by atoms with Crippen LogP contribution in [0, 0.1) is 0 Å². The summed E-state index contributed by atoms with van der Waals surface area (Å²) in [7, 11) is 0. The molecule has 0 spiro atoms. The molecule has 8 nitrogen and oxygen atoms in total. The molecule has 1 aromatic rings. The molecule has 1 saturated heterocycles. The summed E-state index contributed by atoms with van der Waals surface area (Å²) < 4.78 is 7.00. The standard InChI is InChI=1S/C14H21N5O3/c1-14(2,3)22-13(21)18-6-9(7-18)15-12(20)11-8-19(17-16-11)10-4-5-10/h8-10H,4-7H2,1-3H3,(H,15,20). The second kappa shape index (κ2) is 5.26. The number of hydrogen-bond donors (Lipinski definition) is 1. The Morgan fingerprint density at radius 3 is 2.59 bits per heavy atom. The molecule has 1 aromatic heterocycles. The first-order chi connectivity index (χ1) is 10.3. The van der Waals surface area contributed by atoms with Gasteiger partial charge in [-0.2, -0.15) is 0 Å². The number of amides is 2. The van der Waals surface area contributed by atoms with Crippen molar-refractivity contribution in [2.24, 2.45) is 0 Å². The third kappa shape index (κ3) is 3.37. The normalized spacial score (nSPS) is 18.8. The third-order valence-electron chi connectivity index (χ3n) is 3.53. The van der Waals surface area contributed by atoms with Crippen LogP contribution < -0.4 is 5.32 Å². The molecule has 3 rings (SSSR count). The highest BCUT2D eigenvalue weighted by Gasteiger charge is 2.35. The van der Waals surface area contributed by atoms with Crippen molar-refractivity contribution in [1.82, 2.24) is 25.2 Å². The van der Waals surface area contributed by atoms with Crippen LogP contribution in [0.1, 0.15) is 50.1 Å². The monoisotopic (exact) mass is 307 g/mol. The van der Waals surface area contributed by atoms with Crippen LogP contribution in [0.15, 0.2) is 6.20 Å². The third-order valence-corrected chi connectivity index (χ3v) is 3.53. The van der Waals surface area contributed by atoms with Crippen molar-refractivity contribution in [3.63, 3.8) is 0 Å². The maximum absolute atomic E-state index is 12.0. The largest absolute Gasteiger partial charge is 0.444 e. The Labute approximate surface area is 128 Å². The Morgan fingerprint density at radius 2 is 2.00 bits per heavy atom. The first-order valence-electron chi connectivity index (χ1n) is 7.52. The number of carbonyl (C=O) groups excluding carboxylic acids is 2. The van der Waals surface area contributed by atoms with E-state index in [1.807, 2.05) is 20.8 Å². The zero-order valence-electron chi connectivity index (χ0n) is 13.1. The van der Waals surface area contributed by atoms with E-state index in [4.69, 9.17) is 4.74 Å². The number of likely N-dealkylation sites (tertiary alicyclic amines) is 1. The molecule has 0 bridgehead atoms. The van der Waals surface area contributed by atoms with E-state index in [2.05, 4.69) is 15.6 Å². The molecule has 0 atom stereocenters. The summed E-state index contributed by atoms with van der Waals surface area (Å²) in [6.07, 6.45) is 3.52.